The summed E-state index contributed by atoms with van der Waals surface area (Å²) in [5.74, 6) is 0.861. The maximum atomic E-state index is 11.9. The van der Waals surface area contributed by atoms with Crippen molar-refractivity contribution in [3.63, 3.8) is 0 Å². The maximum absolute atomic E-state index is 11.9. The summed E-state index contributed by atoms with van der Waals surface area (Å²) in [6.07, 6.45) is 3.63. The number of benzene rings is 1. The van der Waals surface area contributed by atoms with E-state index in [1.165, 1.54) is 5.57 Å². The van der Waals surface area contributed by atoms with Gasteiger partial charge in [0.15, 0.2) is 0 Å². The summed E-state index contributed by atoms with van der Waals surface area (Å²) in [5.41, 5.74) is 3.88. The number of carbonyl (C=O) groups excluding carboxylic acids is 1. The molecular weight excluding hydrogens is 361 g/mol. The van der Waals surface area contributed by atoms with Crippen LogP contribution in [0.5, 0.6) is 5.75 Å². The number of carbonyl (C=O) groups is 1. The summed E-state index contributed by atoms with van der Waals surface area (Å²) in [6.45, 7) is 2.20. The first-order chi connectivity index (χ1) is 12.1. The van der Waals surface area contributed by atoms with Crippen molar-refractivity contribution in [1.82, 2.24) is 0 Å². The average Bonchev–Trinajstić information content (AvgIpc) is 2.61. The van der Waals surface area contributed by atoms with Gasteiger partial charge in [-0.1, -0.05) is 59.1 Å². The summed E-state index contributed by atoms with van der Waals surface area (Å²) in [6, 6.07) is 8.73. The Kier molecular flexibility index (Phi) is 5.82. The van der Waals surface area contributed by atoms with E-state index in [0.29, 0.717) is 23.8 Å². The number of rotatable bonds is 2. The summed E-state index contributed by atoms with van der Waals surface area (Å²) < 4.78 is 5.35. The number of nitrogens with zero attached hydrogens (tertiary/aromatic N) is 1. The van der Waals surface area contributed by atoms with Crippen molar-refractivity contribution in [3.05, 3.63) is 51.5 Å². The average molecular weight is 380 g/mol. The van der Waals surface area contributed by atoms with Gasteiger partial charge in [-0.3, -0.25) is 4.84 Å². The number of hydrogen-bond donors (Lipinski definition) is 0. The molecule has 0 aromatic heterocycles. The van der Waals surface area contributed by atoms with Crippen LogP contribution in [0.25, 0.3) is 0 Å². The Morgan fingerprint density at radius 3 is 2.64 bits per heavy atom. The van der Waals surface area contributed by atoms with E-state index in [0.717, 1.165) is 36.8 Å². The number of para-hydroxylation sites is 1. The lowest BCUT2D eigenvalue weighted by Gasteiger charge is -2.32. The van der Waals surface area contributed by atoms with Crippen molar-refractivity contribution in [1.29, 1.82) is 0 Å². The van der Waals surface area contributed by atoms with Crippen molar-refractivity contribution in [2.24, 2.45) is 11.1 Å². The summed E-state index contributed by atoms with van der Waals surface area (Å²) in [4.78, 5) is 16.8. The van der Waals surface area contributed by atoms with Gasteiger partial charge in [0, 0.05) is 5.57 Å². The van der Waals surface area contributed by atoms with E-state index in [2.05, 4.69) is 12.1 Å². The molecule has 0 saturated heterocycles. The van der Waals surface area contributed by atoms with Crippen molar-refractivity contribution in [2.75, 3.05) is 0 Å². The predicted molar refractivity (Wildman–Crippen MR) is 99.0 cm³/mol. The molecule has 1 aromatic rings. The molecule has 2 aliphatic rings. The summed E-state index contributed by atoms with van der Waals surface area (Å²) in [7, 11) is 0. The minimum Gasteiger partial charge on any atom is -0.393 e. The molecule has 1 aromatic carbocycles. The second-order valence-electron chi connectivity index (χ2n) is 6.23. The molecule has 0 spiro atoms. The SMILES string of the molecule is CC1CCC(=C(Cl)Cl)C2=C1CCCC2=NOC(=O)Oc1ccccc1. The fraction of sp³-hybridized carbons (Fsp3) is 0.368. The van der Waals surface area contributed by atoms with Crippen molar-refractivity contribution in [2.45, 2.75) is 39.0 Å². The highest BCUT2D eigenvalue weighted by Crippen LogP contribution is 2.43. The minimum atomic E-state index is -0.863. The monoisotopic (exact) mass is 379 g/mol. The predicted octanol–water partition coefficient (Wildman–Crippen LogP) is 6.16. The van der Waals surface area contributed by atoms with Crippen LogP contribution in [-0.4, -0.2) is 11.9 Å². The number of oxime groups is 1. The van der Waals surface area contributed by atoms with Gasteiger partial charge in [0.1, 0.15) is 10.2 Å². The first-order valence-electron chi connectivity index (χ1n) is 8.35. The summed E-state index contributed by atoms with van der Waals surface area (Å²) in [5, 5.41) is 4.06. The zero-order valence-corrected chi connectivity index (χ0v) is 15.4. The van der Waals surface area contributed by atoms with E-state index in [4.69, 9.17) is 32.8 Å². The van der Waals surface area contributed by atoms with E-state index in [1.54, 1.807) is 24.3 Å². The lowest BCUT2D eigenvalue weighted by atomic mass is 9.74. The van der Waals surface area contributed by atoms with E-state index < -0.39 is 6.16 Å². The van der Waals surface area contributed by atoms with Crippen LogP contribution < -0.4 is 4.74 Å². The quantitative estimate of drug-likeness (QED) is 0.267. The fourth-order valence-corrected chi connectivity index (χ4v) is 3.76. The highest BCUT2D eigenvalue weighted by atomic mass is 35.5. The van der Waals surface area contributed by atoms with Gasteiger partial charge in [-0.05, 0) is 55.7 Å². The molecule has 0 aliphatic heterocycles. The van der Waals surface area contributed by atoms with Crippen molar-refractivity contribution in [3.8, 4) is 5.75 Å². The van der Waals surface area contributed by atoms with Crippen LogP contribution >= 0.6 is 23.2 Å². The lowest BCUT2D eigenvalue weighted by molar-refractivity contribution is 0.102. The van der Waals surface area contributed by atoms with Gasteiger partial charge >= 0.3 is 6.16 Å². The third-order valence-electron chi connectivity index (χ3n) is 4.60. The molecule has 25 heavy (non-hydrogen) atoms. The zero-order valence-electron chi connectivity index (χ0n) is 13.9. The molecular formula is C19H19Cl2NO3. The number of hydrogen-bond acceptors (Lipinski definition) is 4. The molecule has 1 unspecified atom stereocenters. The second kappa shape index (κ2) is 8.07. The smallest absolute Gasteiger partial charge is 0.393 e. The van der Waals surface area contributed by atoms with Crippen LogP contribution in [-0.2, 0) is 4.84 Å². The van der Waals surface area contributed by atoms with Gasteiger partial charge in [-0.25, -0.2) is 4.79 Å². The Bertz CT molecular complexity index is 749. The molecule has 0 bridgehead atoms. The van der Waals surface area contributed by atoms with Gasteiger partial charge < -0.3 is 4.74 Å². The van der Waals surface area contributed by atoms with Gasteiger partial charge in [0.2, 0.25) is 0 Å². The molecule has 0 radical (unpaired) electrons. The highest BCUT2D eigenvalue weighted by Gasteiger charge is 2.31. The van der Waals surface area contributed by atoms with E-state index in [1.807, 2.05) is 6.07 Å². The maximum Gasteiger partial charge on any atom is 0.540 e. The molecule has 0 fully saturated rings. The molecule has 132 valence electrons. The van der Waals surface area contributed by atoms with Crippen LogP contribution in [0.1, 0.15) is 39.0 Å². The lowest BCUT2D eigenvalue weighted by Crippen LogP contribution is -2.23. The molecule has 4 nitrogen and oxygen atoms in total. The standard InChI is InChI=1S/C19H19Cl2NO3/c1-12-10-11-15(18(20)21)17-14(12)8-5-9-16(17)22-25-19(23)24-13-6-3-2-4-7-13/h2-4,6-7,12H,5,8-11H2,1H3. The number of halogens is 2. The zero-order chi connectivity index (χ0) is 17.8. The largest absolute Gasteiger partial charge is 0.540 e. The van der Waals surface area contributed by atoms with E-state index in [-0.39, 0.29) is 4.49 Å². The first kappa shape index (κ1) is 18.0. The number of allylic oxidation sites excluding steroid dienone is 3. The molecule has 0 heterocycles. The van der Waals surface area contributed by atoms with Crippen molar-refractivity contribution >= 4 is 35.1 Å². The second-order valence-corrected chi connectivity index (χ2v) is 7.18. The Labute approximate surface area is 157 Å². The molecule has 0 amide bonds. The molecule has 0 saturated carbocycles. The topological polar surface area (TPSA) is 47.9 Å². The molecule has 1 atom stereocenters. The highest BCUT2D eigenvalue weighted by molar-refractivity contribution is 6.56. The van der Waals surface area contributed by atoms with Crippen LogP contribution in [0.3, 0.4) is 0 Å². The van der Waals surface area contributed by atoms with Gasteiger partial charge in [-0.15, -0.1) is 0 Å². The third-order valence-corrected chi connectivity index (χ3v) is 5.05. The van der Waals surface area contributed by atoms with Crippen molar-refractivity contribution < 1.29 is 14.4 Å². The Morgan fingerprint density at radius 1 is 1.16 bits per heavy atom. The van der Waals surface area contributed by atoms with Crippen LogP contribution in [0, 0.1) is 5.92 Å². The van der Waals surface area contributed by atoms with E-state index in [9.17, 15) is 4.79 Å². The Hall–Kier alpha value is -1.78. The van der Waals surface area contributed by atoms with Gasteiger partial charge in [0.05, 0.1) is 5.71 Å². The molecule has 0 N–H and O–H groups in total. The molecule has 3 rings (SSSR count). The molecule has 6 heteroatoms. The number of ether oxygens (including phenoxy) is 1. The first-order valence-corrected chi connectivity index (χ1v) is 9.10. The fourth-order valence-electron chi connectivity index (χ4n) is 3.38. The third kappa shape index (κ3) is 4.25. The van der Waals surface area contributed by atoms with Crippen LogP contribution in [0.4, 0.5) is 4.79 Å². The minimum absolute atomic E-state index is 0.265. The Morgan fingerprint density at radius 2 is 1.92 bits per heavy atom. The van der Waals surface area contributed by atoms with E-state index >= 15 is 0 Å². The normalized spacial score (nSPS) is 21.8. The van der Waals surface area contributed by atoms with Gasteiger partial charge in [-0.2, -0.15) is 0 Å². The van der Waals surface area contributed by atoms with Gasteiger partial charge in [0.25, 0.3) is 0 Å². The summed E-state index contributed by atoms with van der Waals surface area (Å²) >= 11 is 12.2. The Balaban J connectivity index is 1.80. The van der Waals surface area contributed by atoms with Crippen LogP contribution in [0.2, 0.25) is 0 Å². The molecule has 2 aliphatic carbocycles. The van der Waals surface area contributed by atoms with Crippen LogP contribution in [0.15, 0.2) is 56.7 Å².